The molecule has 1 aromatic rings. The Kier molecular flexibility index (Phi) is 4.98. The highest BCUT2D eigenvalue weighted by Crippen LogP contribution is 2.33. The summed E-state index contributed by atoms with van der Waals surface area (Å²) in [5.41, 5.74) is 7.03. The van der Waals surface area contributed by atoms with E-state index >= 15 is 0 Å². The van der Waals surface area contributed by atoms with E-state index in [0.717, 1.165) is 24.4 Å². The summed E-state index contributed by atoms with van der Waals surface area (Å²) >= 11 is 0. The first-order chi connectivity index (χ1) is 9.69. The minimum atomic E-state index is 0.0392. The summed E-state index contributed by atoms with van der Waals surface area (Å²) in [6.45, 7) is 0.761. The van der Waals surface area contributed by atoms with E-state index in [0.29, 0.717) is 12.0 Å². The molecule has 4 N–H and O–H groups in total. The highest BCUT2D eigenvalue weighted by Gasteiger charge is 2.20. The maximum absolute atomic E-state index is 11.7. The number of oxime groups is 1. The van der Waals surface area contributed by atoms with Gasteiger partial charge in [-0.3, -0.25) is 4.79 Å². The van der Waals surface area contributed by atoms with Gasteiger partial charge in [0, 0.05) is 12.1 Å². The van der Waals surface area contributed by atoms with Crippen molar-refractivity contribution in [2.45, 2.75) is 32.1 Å². The second-order valence-corrected chi connectivity index (χ2v) is 5.29. The molecule has 0 aliphatic heterocycles. The molecular weight excluding hydrogens is 254 g/mol. The Labute approximate surface area is 118 Å². The smallest absolute Gasteiger partial charge is 0.224 e. The van der Waals surface area contributed by atoms with Crippen LogP contribution in [-0.2, 0) is 11.2 Å². The van der Waals surface area contributed by atoms with Gasteiger partial charge in [-0.25, -0.2) is 0 Å². The maximum Gasteiger partial charge on any atom is 0.224 e. The van der Waals surface area contributed by atoms with Crippen molar-refractivity contribution in [2.75, 3.05) is 6.54 Å². The lowest BCUT2D eigenvalue weighted by molar-refractivity contribution is -0.120. The predicted molar refractivity (Wildman–Crippen MR) is 77.6 cm³/mol. The van der Waals surface area contributed by atoms with Gasteiger partial charge in [-0.15, -0.1) is 0 Å². The highest BCUT2D eigenvalue weighted by molar-refractivity contribution is 5.97. The third-order valence-electron chi connectivity index (χ3n) is 3.53. The molecule has 1 aromatic carbocycles. The molecule has 0 heterocycles. The molecule has 1 aliphatic rings. The number of hydrogen-bond donors (Lipinski definition) is 3. The van der Waals surface area contributed by atoms with Gasteiger partial charge in [0.1, 0.15) is 0 Å². The van der Waals surface area contributed by atoms with Crippen LogP contribution in [0.5, 0.6) is 0 Å². The van der Waals surface area contributed by atoms with Crippen molar-refractivity contribution in [2.24, 2.45) is 16.8 Å². The van der Waals surface area contributed by atoms with Gasteiger partial charge < -0.3 is 16.3 Å². The van der Waals surface area contributed by atoms with Crippen molar-refractivity contribution in [3.8, 4) is 0 Å². The Morgan fingerprint density at radius 3 is 2.65 bits per heavy atom. The molecule has 108 valence electrons. The van der Waals surface area contributed by atoms with Gasteiger partial charge in [-0.2, -0.15) is 0 Å². The Morgan fingerprint density at radius 1 is 1.35 bits per heavy atom. The third-order valence-corrected chi connectivity index (χ3v) is 3.53. The average Bonchev–Trinajstić information content (AvgIpc) is 3.28. The van der Waals surface area contributed by atoms with E-state index < -0.39 is 0 Å². The number of amidine groups is 1. The number of benzene rings is 1. The number of nitrogens with two attached hydrogens (primary N) is 1. The lowest BCUT2D eigenvalue weighted by Crippen LogP contribution is -2.26. The van der Waals surface area contributed by atoms with Gasteiger partial charge in [0.15, 0.2) is 5.84 Å². The molecule has 0 bridgehead atoms. The zero-order valence-electron chi connectivity index (χ0n) is 11.5. The molecule has 0 spiro atoms. The van der Waals surface area contributed by atoms with Crippen molar-refractivity contribution in [1.29, 1.82) is 0 Å². The Balaban J connectivity index is 1.72. The van der Waals surface area contributed by atoms with Crippen LogP contribution in [0.15, 0.2) is 29.4 Å². The summed E-state index contributed by atoms with van der Waals surface area (Å²) in [4.78, 5) is 11.7. The molecule has 0 unspecified atom stereocenters. The zero-order valence-corrected chi connectivity index (χ0v) is 11.5. The van der Waals surface area contributed by atoms with E-state index in [9.17, 15) is 4.79 Å². The zero-order chi connectivity index (χ0) is 14.4. The number of amides is 1. The van der Waals surface area contributed by atoms with Crippen LogP contribution in [0.4, 0.5) is 0 Å². The first-order valence-corrected chi connectivity index (χ1v) is 7.02. The molecule has 0 radical (unpaired) electrons. The first kappa shape index (κ1) is 14.4. The molecule has 5 heteroatoms. The van der Waals surface area contributed by atoms with Crippen LogP contribution < -0.4 is 11.1 Å². The van der Waals surface area contributed by atoms with Crippen molar-refractivity contribution in [3.63, 3.8) is 0 Å². The summed E-state index contributed by atoms with van der Waals surface area (Å²) < 4.78 is 0. The number of nitrogens with zero attached hydrogens (tertiary/aromatic N) is 1. The number of rotatable bonds is 7. The first-order valence-electron chi connectivity index (χ1n) is 7.02. The Morgan fingerprint density at radius 2 is 2.05 bits per heavy atom. The molecule has 5 nitrogen and oxygen atoms in total. The van der Waals surface area contributed by atoms with Gasteiger partial charge in [0.05, 0.1) is 6.42 Å². The summed E-state index contributed by atoms with van der Waals surface area (Å²) in [5.74, 6) is 1.02. The highest BCUT2D eigenvalue weighted by atomic mass is 16.4. The van der Waals surface area contributed by atoms with Crippen molar-refractivity contribution in [1.82, 2.24) is 5.32 Å². The Hall–Kier alpha value is -2.04. The van der Waals surface area contributed by atoms with Crippen LogP contribution in [0.3, 0.4) is 0 Å². The number of hydrogen-bond acceptors (Lipinski definition) is 3. The number of carbonyl (C=O) groups is 1. The molecule has 1 aliphatic carbocycles. The van der Waals surface area contributed by atoms with E-state index in [1.54, 1.807) is 12.1 Å². The quantitative estimate of drug-likeness (QED) is 0.232. The molecule has 0 aromatic heterocycles. The van der Waals surface area contributed by atoms with E-state index in [1.165, 1.54) is 19.3 Å². The van der Waals surface area contributed by atoms with Crippen molar-refractivity contribution < 1.29 is 10.0 Å². The van der Waals surface area contributed by atoms with Crippen molar-refractivity contribution in [3.05, 3.63) is 35.4 Å². The molecule has 1 amide bonds. The Bertz CT molecular complexity index is 478. The van der Waals surface area contributed by atoms with Crippen LogP contribution in [0.2, 0.25) is 0 Å². The van der Waals surface area contributed by atoms with Gasteiger partial charge >= 0.3 is 0 Å². The fourth-order valence-electron chi connectivity index (χ4n) is 2.12. The fraction of sp³-hybridized carbons (Fsp3) is 0.467. The van der Waals surface area contributed by atoms with Crippen LogP contribution in [0.25, 0.3) is 0 Å². The summed E-state index contributed by atoms with van der Waals surface area (Å²) in [6, 6.07) is 7.11. The van der Waals surface area contributed by atoms with E-state index in [2.05, 4.69) is 10.5 Å². The monoisotopic (exact) mass is 275 g/mol. The summed E-state index contributed by atoms with van der Waals surface area (Å²) in [7, 11) is 0. The third kappa shape index (κ3) is 4.57. The lowest BCUT2D eigenvalue weighted by Gasteiger charge is -2.06. The van der Waals surface area contributed by atoms with E-state index in [-0.39, 0.29) is 11.7 Å². The van der Waals surface area contributed by atoms with Gasteiger partial charge in [-0.05, 0) is 24.3 Å². The standard InChI is InChI=1S/C15H21N3O2/c16-15(18-20)13-7-5-12(6-8-13)10-14(19)17-9-1-2-11-3-4-11/h5-8,11,20H,1-4,9-10H2,(H2,16,18)(H,17,19). The molecular formula is C15H21N3O2. The van der Waals surface area contributed by atoms with E-state index in [1.807, 2.05) is 12.1 Å². The fourth-order valence-corrected chi connectivity index (χ4v) is 2.12. The molecule has 1 fully saturated rings. The van der Waals surface area contributed by atoms with Gasteiger partial charge in [0.2, 0.25) is 5.91 Å². The molecule has 0 saturated heterocycles. The SMILES string of the molecule is N/C(=N/O)c1ccc(CC(=O)NCCCC2CC2)cc1. The van der Waals surface area contributed by atoms with Gasteiger partial charge in [0.25, 0.3) is 0 Å². The largest absolute Gasteiger partial charge is 0.409 e. The second kappa shape index (κ2) is 6.93. The number of carbonyl (C=O) groups excluding carboxylic acids is 1. The lowest BCUT2D eigenvalue weighted by atomic mass is 10.1. The second-order valence-electron chi connectivity index (χ2n) is 5.29. The number of nitrogens with one attached hydrogen (secondary N) is 1. The van der Waals surface area contributed by atoms with Crippen LogP contribution in [-0.4, -0.2) is 23.5 Å². The topological polar surface area (TPSA) is 87.7 Å². The van der Waals surface area contributed by atoms with Crippen molar-refractivity contribution >= 4 is 11.7 Å². The molecule has 2 rings (SSSR count). The molecule has 20 heavy (non-hydrogen) atoms. The summed E-state index contributed by atoms with van der Waals surface area (Å²) in [5, 5.41) is 14.4. The maximum atomic E-state index is 11.7. The van der Waals surface area contributed by atoms with Gasteiger partial charge in [-0.1, -0.05) is 42.3 Å². The normalized spacial score (nSPS) is 15.1. The van der Waals surface area contributed by atoms with Crippen LogP contribution >= 0.6 is 0 Å². The van der Waals surface area contributed by atoms with Crippen LogP contribution in [0.1, 0.15) is 36.8 Å². The minimum Gasteiger partial charge on any atom is -0.409 e. The average molecular weight is 275 g/mol. The summed E-state index contributed by atoms with van der Waals surface area (Å²) in [6.07, 6.45) is 5.38. The minimum absolute atomic E-state index is 0.0392. The molecule has 0 atom stereocenters. The van der Waals surface area contributed by atoms with E-state index in [4.69, 9.17) is 10.9 Å². The predicted octanol–water partition coefficient (Wildman–Crippen LogP) is 1.63. The van der Waals surface area contributed by atoms with Crippen LogP contribution in [0, 0.1) is 5.92 Å². The molecule has 1 saturated carbocycles.